The number of fused-ring (bicyclic) bond motifs is 2. The molecule has 0 spiro atoms. The lowest BCUT2D eigenvalue weighted by Gasteiger charge is -2.27. The third kappa shape index (κ3) is 3.41. The van der Waals surface area contributed by atoms with Gasteiger partial charge in [-0.2, -0.15) is 0 Å². The van der Waals surface area contributed by atoms with E-state index in [0.717, 1.165) is 32.4 Å². The van der Waals surface area contributed by atoms with E-state index in [1.165, 1.54) is 0 Å². The number of nitrogens with zero attached hydrogens (tertiary/aromatic N) is 1. The second kappa shape index (κ2) is 7.59. The largest absolute Gasteiger partial charge is 0.481 e. The number of nitrogens with one attached hydrogen (secondary N) is 1. The molecule has 1 saturated heterocycles. The quantitative estimate of drug-likeness (QED) is 0.755. The van der Waals surface area contributed by atoms with Crippen LogP contribution in [0.15, 0.2) is 30.4 Å². The van der Waals surface area contributed by atoms with Gasteiger partial charge in [0.05, 0.1) is 22.4 Å². The average Bonchev–Trinajstić information content (AvgIpc) is 3.30. The third-order valence-corrected chi connectivity index (χ3v) is 6.47. The zero-order valence-electron chi connectivity index (χ0n) is 15.4. The number of hydrogen-bond acceptors (Lipinski definition) is 3. The minimum Gasteiger partial charge on any atom is -0.481 e. The Morgan fingerprint density at radius 2 is 1.71 bits per heavy atom. The first-order valence-electron chi connectivity index (χ1n) is 9.76. The van der Waals surface area contributed by atoms with Crippen molar-refractivity contribution in [2.45, 2.75) is 25.7 Å². The molecule has 1 heterocycles. The van der Waals surface area contributed by atoms with Gasteiger partial charge in [0.25, 0.3) is 5.91 Å². The maximum absolute atomic E-state index is 12.8. The SMILES string of the molecule is O=C(O)[C@H]1[C@H](C(=O)Nc2ccc(C(=O)N3CCCCC3)c(Cl)c2)[C@H]2C=C[C@@H]1C2. The number of aliphatic carboxylic acids is 1. The third-order valence-electron chi connectivity index (χ3n) is 6.16. The van der Waals surface area contributed by atoms with Crippen molar-refractivity contribution in [2.75, 3.05) is 18.4 Å². The monoisotopic (exact) mass is 402 g/mol. The van der Waals surface area contributed by atoms with Gasteiger partial charge < -0.3 is 15.3 Å². The average molecular weight is 403 g/mol. The predicted molar refractivity (Wildman–Crippen MR) is 105 cm³/mol. The van der Waals surface area contributed by atoms with E-state index >= 15 is 0 Å². The minimum absolute atomic E-state index is 0.0403. The van der Waals surface area contributed by atoms with E-state index in [9.17, 15) is 19.5 Å². The smallest absolute Gasteiger partial charge is 0.307 e. The van der Waals surface area contributed by atoms with Gasteiger partial charge >= 0.3 is 5.97 Å². The number of piperidine rings is 1. The van der Waals surface area contributed by atoms with Crippen molar-refractivity contribution >= 4 is 35.1 Å². The normalized spacial score (nSPS) is 28.4. The number of carbonyl (C=O) groups excluding carboxylic acids is 2. The molecule has 0 aromatic heterocycles. The number of carbonyl (C=O) groups is 3. The molecule has 2 aliphatic carbocycles. The molecule has 7 heteroatoms. The van der Waals surface area contributed by atoms with Gasteiger partial charge in [-0.25, -0.2) is 0 Å². The maximum atomic E-state index is 12.8. The number of hydrogen-bond donors (Lipinski definition) is 2. The number of likely N-dealkylation sites (tertiary alicyclic amines) is 1. The first-order chi connectivity index (χ1) is 13.5. The highest BCUT2D eigenvalue weighted by molar-refractivity contribution is 6.34. The van der Waals surface area contributed by atoms with E-state index in [1.54, 1.807) is 18.2 Å². The van der Waals surface area contributed by atoms with Gasteiger partial charge in [-0.15, -0.1) is 0 Å². The van der Waals surface area contributed by atoms with Gasteiger partial charge in [0, 0.05) is 18.8 Å². The lowest BCUT2D eigenvalue weighted by Crippen LogP contribution is -2.36. The maximum Gasteiger partial charge on any atom is 0.307 e. The highest BCUT2D eigenvalue weighted by Crippen LogP contribution is 2.48. The Hall–Kier alpha value is -2.34. The molecule has 0 radical (unpaired) electrons. The topological polar surface area (TPSA) is 86.7 Å². The first-order valence-corrected chi connectivity index (χ1v) is 10.1. The van der Waals surface area contributed by atoms with Crippen LogP contribution in [0.2, 0.25) is 5.02 Å². The molecule has 3 aliphatic rings. The number of benzene rings is 1. The van der Waals surface area contributed by atoms with Crippen molar-refractivity contribution in [1.82, 2.24) is 4.90 Å². The van der Waals surface area contributed by atoms with Crippen molar-refractivity contribution in [2.24, 2.45) is 23.7 Å². The van der Waals surface area contributed by atoms with Crippen LogP contribution >= 0.6 is 11.6 Å². The molecule has 1 aromatic carbocycles. The summed E-state index contributed by atoms with van der Waals surface area (Å²) in [5.41, 5.74) is 0.897. The zero-order valence-corrected chi connectivity index (χ0v) is 16.2. The summed E-state index contributed by atoms with van der Waals surface area (Å²) in [7, 11) is 0. The molecule has 148 valence electrons. The Morgan fingerprint density at radius 3 is 2.36 bits per heavy atom. The molecule has 2 N–H and O–H groups in total. The van der Waals surface area contributed by atoms with Gasteiger partial charge in [0.2, 0.25) is 5.91 Å². The van der Waals surface area contributed by atoms with E-state index in [1.807, 2.05) is 17.1 Å². The summed E-state index contributed by atoms with van der Waals surface area (Å²) in [5, 5.41) is 12.6. The van der Waals surface area contributed by atoms with Crippen molar-refractivity contribution in [1.29, 1.82) is 0 Å². The summed E-state index contributed by atoms with van der Waals surface area (Å²) in [6.45, 7) is 1.48. The second-order valence-electron chi connectivity index (χ2n) is 7.87. The highest BCUT2D eigenvalue weighted by atomic mass is 35.5. The molecule has 1 aliphatic heterocycles. The summed E-state index contributed by atoms with van der Waals surface area (Å²) in [6, 6.07) is 4.85. The molecule has 2 fully saturated rings. The lowest BCUT2D eigenvalue weighted by molar-refractivity contribution is -0.146. The van der Waals surface area contributed by atoms with E-state index < -0.39 is 17.8 Å². The van der Waals surface area contributed by atoms with Gasteiger partial charge in [-0.1, -0.05) is 23.8 Å². The van der Waals surface area contributed by atoms with Gasteiger partial charge in [0.15, 0.2) is 0 Å². The molecule has 28 heavy (non-hydrogen) atoms. The Balaban J connectivity index is 1.47. The Bertz CT molecular complexity index is 847. The van der Waals surface area contributed by atoms with Crippen LogP contribution in [-0.2, 0) is 9.59 Å². The molecule has 1 aromatic rings. The van der Waals surface area contributed by atoms with Crippen molar-refractivity contribution in [3.8, 4) is 0 Å². The summed E-state index contributed by atoms with van der Waals surface area (Å²) in [4.78, 5) is 38.8. The van der Waals surface area contributed by atoms with E-state index in [2.05, 4.69) is 5.32 Å². The van der Waals surface area contributed by atoms with Crippen molar-refractivity contribution < 1.29 is 19.5 Å². The standard InChI is InChI=1S/C21H23ClN2O4/c22-16-11-14(6-7-15(16)20(26)24-8-2-1-3-9-24)23-19(25)17-12-4-5-13(10-12)18(17)21(27)28/h4-7,11-13,17-18H,1-3,8-10H2,(H,23,25)(H,27,28)/t12-,13+,17+,18+/m0/s1. The van der Waals surface area contributed by atoms with E-state index in [-0.39, 0.29) is 28.7 Å². The molecular weight excluding hydrogens is 380 g/mol. The Morgan fingerprint density at radius 1 is 1.04 bits per heavy atom. The van der Waals surface area contributed by atoms with Gasteiger partial charge in [0.1, 0.15) is 0 Å². The lowest BCUT2D eigenvalue weighted by atomic mass is 9.82. The molecule has 2 bridgehead atoms. The number of amides is 2. The fraction of sp³-hybridized carbons (Fsp3) is 0.476. The number of halogens is 1. The Kier molecular flexibility index (Phi) is 5.15. The molecule has 6 nitrogen and oxygen atoms in total. The van der Waals surface area contributed by atoms with Crippen molar-refractivity contribution in [3.05, 3.63) is 40.9 Å². The van der Waals surface area contributed by atoms with Crippen LogP contribution in [0.25, 0.3) is 0 Å². The van der Waals surface area contributed by atoms with Crippen molar-refractivity contribution in [3.63, 3.8) is 0 Å². The van der Waals surface area contributed by atoms with Crippen LogP contribution in [0.4, 0.5) is 5.69 Å². The van der Waals surface area contributed by atoms with E-state index in [4.69, 9.17) is 11.6 Å². The fourth-order valence-electron chi connectivity index (χ4n) is 4.78. The highest BCUT2D eigenvalue weighted by Gasteiger charge is 2.51. The fourth-order valence-corrected chi connectivity index (χ4v) is 5.04. The van der Waals surface area contributed by atoms with Crippen LogP contribution in [0, 0.1) is 23.7 Å². The molecule has 2 amide bonds. The van der Waals surface area contributed by atoms with Crippen LogP contribution in [0.1, 0.15) is 36.0 Å². The Labute approximate surface area is 168 Å². The number of anilines is 1. The molecule has 1 saturated carbocycles. The van der Waals surface area contributed by atoms with Crippen LogP contribution < -0.4 is 5.32 Å². The summed E-state index contributed by atoms with van der Waals surface area (Å²) >= 11 is 6.32. The van der Waals surface area contributed by atoms with Crippen LogP contribution in [0.5, 0.6) is 0 Å². The van der Waals surface area contributed by atoms with Gasteiger partial charge in [-0.3, -0.25) is 14.4 Å². The number of allylic oxidation sites excluding steroid dienone is 2. The molecular formula is C21H23ClN2O4. The summed E-state index contributed by atoms with van der Waals surface area (Å²) < 4.78 is 0. The van der Waals surface area contributed by atoms with Gasteiger partial charge in [-0.05, 0) is 55.7 Å². The molecule has 4 atom stereocenters. The summed E-state index contributed by atoms with van der Waals surface area (Å²) in [5.74, 6) is -2.72. The minimum atomic E-state index is -0.933. The number of rotatable bonds is 4. The molecule has 4 rings (SSSR count). The van der Waals surface area contributed by atoms with E-state index in [0.29, 0.717) is 17.7 Å². The summed E-state index contributed by atoms with van der Waals surface area (Å²) in [6.07, 6.45) is 7.70. The van der Waals surface area contributed by atoms with Crippen LogP contribution in [0.3, 0.4) is 0 Å². The second-order valence-corrected chi connectivity index (χ2v) is 8.28. The first kappa shape index (κ1) is 19.0. The number of carboxylic acid groups (broad SMARTS) is 1. The molecule has 0 unspecified atom stereocenters. The predicted octanol–water partition coefficient (Wildman–Crippen LogP) is 3.43. The number of carboxylic acids is 1. The van der Waals surface area contributed by atoms with Crippen LogP contribution in [-0.4, -0.2) is 40.9 Å². The zero-order chi connectivity index (χ0) is 19.8.